The molecule has 1 aromatic rings. The van der Waals surface area contributed by atoms with Gasteiger partial charge in [-0.2, -0.15) is 4.31 Å². The van der Waals surface area contributed by atoms with Crippen molar-refractivity contribution in [2.45, 2.75) is 31.4 Å². The molecule has 1 N–H and O–H groups in total. The van der Waals surface area contributed by atoms with E-state index in [0.717, 1.165) is 30.3 Å². The third kappa shape index (κ3) is 4.63. The lowest BCUT2D eigenvalue weighted by Crippen LogP contribution is -2.54. The molecule has 150 valence electrons. The average Bonchev–Trinajstić information content (AvgIpc) is 3.59. The van der Waals surface area contributed by atoms with E-state index in [9.17, 15) is 8.42 Å². The molecule has 2 aliphatic carbocycles. The monoisotopic (exact) mass is 395 g/mol. The minimum atomic E-state index is -3.37. The lowest BCUT2D eigenvalue weighted by Gasteiger charge is -2.36. The third-order valence-electron chi connectivity index (χ3n) is 5.92. The Morgan fingerprint density at radius 2 is 1.93 bits per heavy atom. The normalized spacial score (nSPS) is 22.4. The molecule has 3 aliphatic rings. The van der Waals surface area contributed by atoms with Gasteiger partial charge < -0.3 is 14.7 Å². The number of nitrogens with one attached hydrogen (secondary N) is 1. The van der Waals surface area contributed by atoms with Gasteiger partial charge in [-0.1, -0.05) is 5.16 Å². The molecule has 3 fully saturated rings. The van der Waals surface area contributed by atoms with Crippen LogP contribution < -0.4 is 5.32 Å². The first-order valence-electron chi connectivity index (χ1n) is 9.89. The van der Waals surface area contributed by atoms with Gasteiger partial charge in [0.2, 0.25) is 10.0 Å². The van der Waals surface area contributed by atoms with Gasteiger partial charge in [0.05, 0.1) is 5.69 Å². The zero-order valence-corrected chi connectivity index (χ0v) is 16.7. The molecule has 9 heteroatoms. The van der Waals surface area contributed by atoms with E-state index in [4.69, 9.17) is 4.52 Å². The molecule has 0 bridgehead atoms. The second-order valence-electron chi connectivity index (χ2n) is 7.90. The van der Waals surface area contributed by atoms with Crippen LogP contribution in [0.15, 0.2) is 21.8 Å². The summed E-state index contributed by atoms with van der Waals surface area (Å²) in [7, 11) is -1.57. The standard InChI is InChI=1S/C18H29N5O3S/c1-19-18(20-12-17(14-2-3-14)15-4-5-15)22-7-9-23(10-8-22)27(24,25)13-16-6-11-26-21-16/h6,11,14-15,17H,2-5,7-10,12-13H2,1H3,(H,19,20). The van der Waals surface area contributed by atoms with Gasteiger partial charge in [-0.25, -0.2) is 8.42 Å². The summed E-state index contributed by atoms with van der Waals surface area (Å²) in [5.74, 6) is 3.38. The maximum absolute atomic E-state index is 12.6. The number of guanidine groups is 1. The number of aromatic nitrogens is 1. The van der Waals surface area contributed by atoms with Crippen molar-refractivity contribution in [3.05, 3.63) is 18.0 Å². The highest BCUT2D eigenvalue weighted by atomic mass is 32.2. The van der Waals surface area contributed by atoms with Gasteiger partial charge in [0.1, 0.15) is 12.0 Å². The Balaban J connectivity index is 1.28. The highest BCUT2D eigenvalue weighted by Crippen LogP contribution is 2.48. The SMILES string of the molecule is CN=C(NCC(C1CC1)C1CC1)N1CCN(S(=O)(=O)Cc2ccon2)CC1. The number of aliphatic imine (C=N–C) groups is 1. The molecule has 8 nitrogen and oxygen atoms in total. The van der Waals surface area contributed by atoms with Crippen LogP contribution in [-0.4, -0.2) is 68.5 Å². The predicted octanol–water partition coefficient (Wildman–Crippen LogP) is 1.13. The van der Waals surface area contributed by atoms with Gasteiger partial charge in [0, 0.05) is 45.8 Å². The van der Waals surface area contributed by atoms with Crippen molar-refractivity contribution in [2.24, 2.45) is 22.7 Å². The van der Waals surface area contributed by atoms with E-state index in [1.165, 1.54) is 31.9 Å². The highest BCUT2D eigenvalue weighted by Gasteiger charge is 2.41. The second kappa shape index (κ2) is 7.79. The van der Waals surface area contributed by atoms with Crippen LogP contribution in [0, 0.1) is 17.8 Å². The first-order chi connectivity index (χ1) is 13.1. The Kier molecular flexibility index (Phi) is 5.41. The van der Waals surface area contributed by atoms with E-state index in [1.807, 2.05) is 0 Å². The van der Waals surface area contributed by atoms with E-state index >= 15 is 0 Å². The van der Waals surface area contributed by atoms with Crippen molar-refractivity contribution in [1.82, 2.24) is 19.7 Å². The Hall–Kier alpha value is -1.61. The van der Waals surface area contributed by atoms with Gasteiger partial charge in [-0.3, -0.25) is 4.99 Å². The summed E-state index contributed by atoms with van der Waals surface area (Å²) in [5, 5.41) is 7.27. The molecule has 0 amide bonds. The van der Waals surface area contributed by atoms with Crippen LogP contribution in [0.1, 0.15) is 31.4 Å². The first-order valence-corrected chi connectivity index (χ1v) is 11.5. The smallest absolute Gasteiger partial charge is 0.220 e. The molecule has 4 rings (SSSR count). The van der Waals surface area contributed by atoms with Crippen molar-refractivity contribution in [3.8, 4) is 0 Å². The molecule has 0 aromatic carbocycles. The molecule has 2 saturated carbocycles. The number of piperazine rings is 1. The van der Waals surface area contributed by atoms with Crippen LogP contribution in [0.2, 0.25) is 0 Å². The van der Waals surface area contributed by atoms with Crippen LogP contribution in [0.25, 0.3) is 0 Å². The fourth-order valence-corrected chi connectivity index (χ4v) is 5.50. The quantitative estimate of drug-likeness (QED) is 0.550. The maximum atomic E-state index is 12.6. The Morgan fingerprint density at radius 3 is 2.44 bits per heavy atom. The molecular weight excluding hydrogens is 366 g/mol. The Morgan fingerprint density at radius 1 is 1.26 bits per heavy atom. The van der Waals surface area contributed by atoms with Gasteiger partial charge in [0.25, 0.3) is 0 Å². The van der Waals surface area contributed by atoms with Crippen LogP contribution in [0.3, 0.4) is 0 Å². The topological polar surface area (TPSA) is 91.0 Å². The molecule has 0 atom stereocenters. The summed E-state index contributed by atoms with van der Waals surface area (Å²) >= 11 is 0. The predicted molar refractivity (Wildman–Crippen MR) is 103 cm³/mol. The van der Waals surface area contributed by atoms with Gasteiger partial charge in [0.15, 0.2) is 5.96 Å². The number of rotatable bonds is 7. The van der Waals surface area contributed by atoms with E-state index < -0.39 is 10.0 Å². The molecule has 1 saturated heterocycles. The van der Waals surface area contributed by atoms with Gasteiger partial charge >= 0.3 is 0 Å². The minimum absolute atomic E-state index is 0.110. The molecule has 2 heterocycles. The van der Waals surface area contributed by atoms with Crippen LogP contribution in [-0.2, 0) is 15.8 Å². The fourth-order valence-electron chi connectivity index (χ4n) is 4.08. The molecular formula is C18H29N5O3S. The first kappa shape index (κ1) is 18.7. The van der Waals surface area contributed by atoms with Crippen molar-refractivity contribution >= 4 is 16.0 Å². The minimum Gasteiger partial charge on any atom is -0.364 e. The van der Waals surface area contributed by atoms with Crippen molar-refractivity contribution < 1.29 is 12.9 Å². The molecule has 1 aliphatic heterocycles. The number of nitrogens with zero attached hydrogens (tertiary/aromatic N) is 4. The lowest BCUT2D eigenvalue weighted by atomic mass is 9.98. The summed E-state index contributed by atoms with van der Waals surface area (Å²) in [4.78, 5) is 6.60. The zero-order valence-electron chi connectivity index (χ0n) is 15.9. The molecule has 1 aromatic heterocycles. The summed E-state index contributed by atoms with van der Waals surface area (Å²) in [6.07, 6.45) is 6.91. The summed E-state index contributed by atoms with van der Waals surface area (Å²) in [5.41, 5.74) is 0.445. The second-order valence-corrected chi connectivity index (χ2v) is 9.87. The van der Waals surface area contributed by atoms with Gasteiger partial charge in [-0.05, 0) is 43.4 Å². The Bertz CT molecular complexity index is 736. The summed E-state index contributed by atoms with van der Waals surface area (Å²) in [6.45, 7) is 3.22. The number of hydrogen-bond donors (Lipinski definition) is 1. The van der Waals surface area contributed by atoms with Crippen molar-refractivity contribution in [1.29, 1.82) is 0 Å². The fraction of sp³-hybridized carbons (Fsp3) is 0.778. The summed E-state index contributed by atoms with van der Waals surface area (Å²) in [6, 6.07) is 1.59. The van der Waals surface area contributed by atoms with Crippen LogP contribution >= 0.6 is 0 Å². The van der Waals surface area contributed by atoms with Crippen molar-refractivity contribution in [2.75, 3.05) is 39.8 Å². The lowest BCUT2D eigenvalue weighted by molar-refractivity contribution is 0.257. The van der Waals surface area contributed by atoms with Crippen LogP contribution in [0.5, 0.6) is 0 Å². The van der Waals surface area contributed by atoms with E-state index in [0.29, 0.717) is 31.9 Å². The van der Waals surface area contributed by atoms with E-state index in [1.54, 1.807) is 17.4 Å². The third-order valence-corrected chi connectivity index (χ3v) is 7.73. The maximum Gasteiger partial charge on any atom is 0.220 e. The van der Waals surface area contributed by atoms with Gasteiger partial charge in [-0.15, -0.1) is 0 Å². The highest BCUT2D eigenvalue weighted by molar-refractivity contribution is 7.88. The number of hydrogen-bond acceptors (Lipinski definition) is 5. The number of sulfonamides is 1. The average molecular weight is 396 g/mol. The zero-order chi connectivity index (χ0) is 18.9. The Labute approximate surface area is 161 Å². The van der Waals surface area contributed by atoms with Crippen molar-refractivity contribution in [3.63, 3.8) is 0 Å². The molecule has 0 radical (unpaired) electrons. The molecule has 0 spiro atoms. The molecule has 27 heavy (non-hydrogen) atoms. The molecule has 0 unspecified atom stereocenters. The van der Waals surface area contributed by atoms with Crippen LogP contribution in [0.4, 0.5) is 0 Å². The van der Waals surface area contributed by atoms with E-state index in [2.05, 4.69) is 20.4 Å². The van der Waals surface area contributed by atoms with E-state index in [-0.39, 0.29) is 5.75 Å². The summed E-state index contributed by atoms with van der Waals surface area (Å²) < 4.78 is 31.4. The largest absolute Gasteiger partial charge is 0.364 e.